The third kappa shape index (κ3) is 2.52. The Morgan fingerprint density at radius 3 is 2.50 bits per heavy atom. The van der Waals surface area contributed by atoms with Crippen LogP contribution in [0.5, 0.6) is 5.88 Å². The molecule has 0 spiro atoms. The number of nitrogens with two attached hydrogens (primary N) is 1. The van der Waals surface area contributed by atoms with Gasteiger partial charge in [0.25, 0.3) is 0 Å². The van der Waals surface area contributed by atoms with Gasteiger partial charge in [0.2, 0.25) is 5.88 Å². The molecule has 2 rings (SSSR count). The van der Waals surface area contributed by atoms with E-state index in [1.165, 1.54) is 18.2 Å². The highest BCUT2D eigenvalue weighted by Gasteiger charge is 2.24. The Labute approximate surface area is 131 Å². The van der Waals surface area contributed by atoms with Gasteiger partial charge in [-0.25, -0.2) is 4.39 Å². The Kier molecular flexibility index (Phi) is 4.45. The summed E-state index contributed by atoms with van der Waals surface area (Å²) in [6.07, 6.45) is 0. The van der Waals surface area contributed by atoms with Gasteiger partial charge in [0.1, 0.15) is 34.9 Å². The first-order valence-electron chi connectivity index (χ1n) is 6.25. The summed E-state index contributed by atoms with van der Waals surface area (Å²) in [4.78, 5) is 3.90. The fourth-order valence-corrected chi connectivity index (χ4v) is 2.28. The average Bonchev–Trinajstić information content (AvgIpc) is 2.47. The third-order valence-corrected chi connectivity index (χ3v) is 3.22. The Bertz CT molecular complexity index is 804. The van der Waals surface area contributed by atoms with E-state index in [-0.39, 0.29) is 45.6 Å². The number of halogens is 2. The molecule has 7 heteroatoms. The van der Waals surface area contributed by atoms with Gasteiger partial charge in [-0.2, -0.15) is 15.5 Å². The van der Waals surface area contributed by atoms with Crippen molar-refractivity contribution < 1.29 is 9.13 Å². The van der Waals surface area contributed by atoms with Crippen molar-refractivity contribution in [2.24, 2.45) is 0 Å². The molecule has 0 amide bonds. The van der Waals surface area contributed by atoms with Crippen molar-refractivity contribution in [3.8, 4) is 29.1 Å². The molecule has 5 nitrogen and oxygen atoms in total. The van der Waals surface area contributed by atoms with Crippen molar-refractivity contribution in [1.82, 2.24) is 4.98 Å². The summed E-state index contributed by atoms with van der Waals surface area (Å²) in [7, 11) is 0. The lowest BCUT2D eigenvalue weighted by Gasteiger charge is -2.14. The molecular formula is C15H10ClFN4O. The standard InChI is InChI=1S/C15H10ClFN4O/c1-2-22-15-9(7-19)12(8(6-18)14(20)21-15)13-10(16)4-3-5-11(13)17/h3-5H,2H2,1H3,(H2,20,21). The molecule has 0 saturated heterocycles. The Morgan fingerprint density at radius 2 is 1.95 bits per heavy atom. The highest BCUT2D eigenvalue weighted by molar-refractivity contribution is 6.33. The summed E-state index contributed by atoms with van der Waals surface area (Å²) in [5.74, 6) is -0.886. The summed E-state index contributed by atoms with van der Waals surface area (Å²) in [5.41, 5.74) is 5.45. The van der Waals surface area contributed by atoms with Crippen LogP contribution in [0.2, 0.25) is 5.02 Å². The van der Waals surface area contributed by atoms with Gasteiger partial charge in [-0.15, -0.1) is 0 Å². The van der Waals surface area contributed by atoms with Crippen LogP contribution < -0.4 is 10.5 Å². The minimum absolute atomic E-state index is 0.0101. The molecule has 0 aliphatic carbocycles. The predicted octanol–water partition coefficient (Wildman–Crippen LogP) is 3.27. The Morgan fingerprint density at radius 1 is 1.27 bits per heavy atom. The number of aromatic nitrogens is 1. The number of pyridine rings is 1. The van der Waals surface area contributed by atoms with Gasteiger partial charge in [-0.05, 0) is 19.1 Å². The molecule has 2 N–H and O–H groups in total. The minimum Gasteiger partial charge on any atom is -0.477 e. The van der Waals surface area contributed by atoms with Crippen LogP contribution in [0.15, 0.2) is 18.2 Å². The van der Waals surface area contributed by atoms with Gasteiger partial charge in [-0.3, -0.25) is 0 Å². The van der Waals surface area contributed by atoms with E-state index in [0.717, 1.165) is 0 Å². The van der Waals surface area contributed by atoms with E-state index in [4.69, 9.17) is 22.1 Å². The van der Waals surface area contributed by atoms with Crippen LogP contribution in [0.4, 0.5) is 10.2 Å². The number of nitrogen functional groups attached to an aromatic ring is 1. The van der Waals surface area contributed by atoms with E-state index in [1.54, 1.807) is 6.92 Å². The smallest absolute Gasteiger partial charge is 0.234 e. The van der Waals surface area contributed by atoms with Crippen molar-refractivity contribution >= 4 is 17.4 Å². The Hall–Kier alpha value is -2.83. The number of nitriles is 2. The maximum absolute atomic E-state index is 14.2. The molecule has 2 aromatic rings. The van der Waals surface area contributed by atoms with Crippen LogP contribution in [0.1, 0.15) is 18.1 Å². The van der Waals surface area contributed by atoms with Crippen LogP contribution in [0.3, 0.4) is 0 Å². The van der Waals surface area contributed by atoms with E-state index in [1.807, 2.05) is 12.1 Å². The van der Waals surface area contributed by atoms with Crippen LogP contribution in [0.25, 0.3) is 11.1 Å². The molecule has 0 aliphatic rings. The number of anilines is 1. The summed E-state index contributed by atoms with van der Waals surface area (Å²) in [6, 6.07) is 7.79. The van der Waals surface area contributed by atoms with E-state index >= 15 is 0 Å². The molecule has 0 saturated carbocycles. The first-order chi connectivity index (χ1) is 10.5. The summed E-state index contributed by atoms with van der Waals surface area (Å²) in [5, 5.41) is 18.7. The van der Waals surface area contributed by atoms with Gasteiger partial charge in [0.05, 0.1) is 11.6 Å². The van der Waals surface area contributed by atoms with Crippen molar-refractivity contribution in [2.75, 3.05) is 12.3 Å². The summed E-state index contributed by atoms with van der Waals surface area (Å²) >= 11 is 6.04. The molecular weight excluding hydrogens is 307 g/mol. The molecule has 110 valence electrons. The van der Waals surface area contributed by atoms with Crippen molar-refractivity contribution in [3.05, 3.63) is 40.2 Å². The number of ether oxygens (including phenoxy) is 1. The number of benzene rings is 1. The van der Waals surface area contributed by atoms with Gasteiger partial charge < -0.3 is 10.5 Å². The lowest BCUT2D eigenvalue weighted by Crippen LogP contribution is -2.06. The van der Waals surface area contributed by atoms with E-state index in [2.05, 4.69) is 4.98 Å². The molecule has 22 heavy (non-hydrogen) atoms. The lowest BCUT2D eigenvalue weighted by atomic mass is 9.96. The second kappa shape index (κ2) is 6.30. The quantitative estimate of drug-likeness (QED) is 0.937. The molecule has 1 aromatic heterocycles. The van der Waals surface area contributed by atoms with Gasteiger partial charge in [0.15, 0.2) is 0 Å². The number of nitrogens with zero attached hydrogens (tertiary/aromatic N) is 3. The van der Waals surface area contributed by atoms with Crippen molar-refractivity contribution in [2.45, 2.75) is 6.92 Å². The normalized spacial score (nSPS) is 9.86. The molecule has 1 aromatic carbocycles. The number of hydrogen-bond acceptors (Lipinski definition) is 5. The van der Waals surface area contributed by atoms with Crippen LogP contribution in [0, 0.1) is 28.5 Å². The minimum atomic E-state index is -0.673. The lowest BCUT2D eigenvalue weighted by molar-refractivity contribution is 0.326. The maximum Gasteiger partial charge on any atom is 0.234 e. The van der Waals surface area contributed by atoms with Gasteiger partial charge in [-0.1, -0.05) is 17.7 Å². The highest BCUT2D eigenvalue weighted by atomic mass is 35.5. The summed E-state index contributed by atoms with van der Waals surface area (Å²) in [6.45, 7) is 1.93. The first kappa shape index (κ1) is 15.6. The molecule has 0 atom stereocenters. The third-order valence-electron chi connectivity index (χ3n) is 2.91. The van der Waals surface area contributed by atoms with E-state index < -0.39 is 5.82 Å². The average molecular weight is 317 g/mol. The second-order valence-corrected chi connectivity index (χ2v) is 4.59. The van der Waals surface area contributed by atoms with Crippen LogP contribution in [-0.4, -0.2) is 11.6 Å². The Balaban J connectivity index is 2.96. The van der Waals surface area contributed by atoms with Crippen LogP contribution in [-0.2, 0) is 0 Å². The second-order valence-electron chi connectivity index (χ2n) is 4.18. The SMILES string of the molecule is CCOc1nc(N)c(C#N)c(-c2c(F)cccc2Cl)c1C#N. The number of rotatable bonds is 3. The molecule has 0 bridgehead atoms. The fourth-order valence-electron chi connectivity index (χ4n) is 2.03. The molecule has 0 fully saturated rings. The molecule has 0 aliphatic heterocycles. The predicted molar refractivity (Wildman–Crippen MR) is 79.7 cm³/mol. The first-order valence-corrected chi connectivity index (χ1v) is 6.63. The zero-order valence-electron chi connectivity index (χ0n) is 11.5. The zero-order valence-corrected chi connectivity index (χ0v) is 12.3. The molecule has 0 unspecified atom stereocenters. The molecule has 0 radical (unpaired) electrons. The van der Waals surface area contributed by atoms with Gasteiger partial charge in [0, 0.05) is 11.1 Å². The topological polar surface area (TPSA) is 95.7 Å². The summed E-state index contributed by atoms with van der Waals surface area (Å²) < 4.78 is 19.5. The van der Waals surface area contributed by atoms with Crippen LogP contribution >= 0.6 is 11.6 Å². The molecule has 1 heterocycles. The van der Waals surface area contributed by atoms with Crippen molar-refractivity contribution in [3.63, 3.8) is 0 Å². The monoisotopic (exact) mass is 316 g/mol. The maximum atomic E-state index is 14.2. The largest absolute Gasteiger partial charge is 0.477 e. The van der Waals surface area contributed by atoms with E-state index in [0.29, 0.717) is 0 Å². The van der Waals surface area contributed by atoms with E-state index in [9.17, 15) is 14.9 Å². The van der Waals surface area contributed by atoms with Crippen molar-refractivity contribution in [1.29, 1.82) is 10.5 Å². The highest BCUT2D eigenvalue weighted by Crippen LogP contribution is 2.39. The number of hydrogen-bond donors (Lipinski definition) is 1. The zero-order chi connectivity index (χ0) is 16.3. The van der Waals surface area contributed by atoms with Gasteiger partial charge >= 0.3 is 0 Å². The fraction of sp³-hybridized carbons (Fsp3) is 0.133.